The zero-order chi connectivity index (χ0) is 13.6. The Balaban J connectivity index is 2.90. The molecule has 3 nitrogen and oxygen atoms in total. The van der Waals surface area contributed by atoms with Crippen LogP contribution in [0.4, 0.5) is 0 Å². The van der Waals surface area contributed by atoms with E-state index in [0.717, 1.165) is 18.4 Å². The molecule has 0 amide bonds. The van der Waals surface area contributed by atoms with E-state index in [1.54, 1.807) is 0 Å². The fourth-order valence-electron chi connectivity index (χ4n) is 1.85. The molecule has 1 rings (SSSR count). The number of hydrogen-bond acceptors (Lipinski definition) is 3. The highest BCUT2D eigenvalue weighted by Crippen LogP contribution is 2.25. The van der Waals surface area contributed by atoms with E-state index in [-0.39, 0.29) is 5.97 Å². The number of ether oxygens (including phenoxy) is 1. The monoisotopic (exact) mass is 249 g/mol. The number of rotatable bonds is 6. The van der Waals surface area contributed by atoms with E-state index in [1.165, 1.54) is 5.56 Å². The molecule has 0 unspecified atom stereocenters. The van der Waals surface area contributed by atoms with E-state index < -0.39 is 5.41 Å². The van der Waals surface area contributed by atoms with Crippen LogP contribution in [0.1, 0.15) is 38.3 Å². The average molecular weight is 249 g/mol. The van der Waals surface area contributed by atoms with Crippen molar-refractivity contribution in [3.63, 3.8) is 0 Å². The lowest BCUT2D eigenvalue weighted by Gasteiger charge is -2.23. The first-order chi connectivity index (χ1) is 8.52. The zero-order valence-corrected chi connectivity index (χ0v) is 11.5. The molecular formula is C15H23NO2. The van der Waals surface area contributed by atoms with E-state index >= 15 is 0 Å². The van der Waals surface area contributed by atoms with Gasteiger partial charge in [-0.3, -0.25) is 4.79 Å². The lowest BCUT2D eigenvalue weighted by Crippen LogP contribution is -2.31. The van der Waals surface area contributed by atoms with Gasteiger partial charge < -0.3 is 10.5 Å². The summed E-state index contributed by atoms with van der Waals surface area (Å²) in [7, 11) is 0. The van der Waals surface area contributed by atoms with E-state index in [1.807, 2.05) is 32.9 Å². The molecule has 100 valence electrons. The van der Waals surface area contributed by atoms with Crippen LogP contribution in [-0.4, -0.2) is 19.1 Å². The second-order valence-electron chi connectivity index (χ2n) is 4.94. The van der Waals surface area contributed by atoms with Crippen molar-refractivity contribution in [3.05, 3.63) is 35.4 Å². The van der Waals surface area contributed by atoms with E-state index in [2.05, 4.69) is 12.1 Å². The highest BCUT2D eigenvalue weighted by molar-refractivity contribution is 5.82. The number of nitrogens with two attached hydrogens (primary N) is 1. The van der Waals surface area contributed by atoms with Crippen LogP contribution in [0.2, 0.25) is 0 Å². The molecule has 0 radical (unpaired) electrons. The van der Waals surface area contributed by atoms with E-state index in [9.17, 15) is 4.79 Å². The molecule has 0 fully saturated rings. The smallest absolute Gasteiger partial charge is 0.315 e. The van der Waals surface area contributed by atoms with Crippen LogP contribution < -0.4 is 5.73 Å². The van der Waals surface area contributed by atoms with Crippen molar-refractivity contribution in [2.45, 2.75) is 39.0 Å². The summed E-state index contributed by atoms with van der Waals surface area (Å²) < 4.78 is 5.12. The van der Waals surface area contributed by atoms with Crippen LogP contribution in [0.3, 0.4) is 0 Å². The summed E-state index contributed by atoms with van der Waals surface area (Å²) in [5.74, 6) is -0.180. The molecule has 18 heavy (non-hydrogen) atoms. The summed E-state index contributed by atoms with van der Waals surface area (Å²) in [6, 6.07) is 8.11. The lowest BCUT2D eigenvalue weighted by molar-refractivity contribution is -0.148. The highest BCUT2D eigenvalue weighted by Gasteiger charge is 2.31. The molecule has 0 atom stereocenters. The van der Waals surface area contributed by atoms with Gasteiger partial charge in [0, 0.05) is 0 Å². The maximum Gasteiger partial charge on any atom is 0.315 e. The largest absolute Gasteiger partial charge is 0.465 e. The molecule has 1 aromatic carbocycles. The molecule has 0 aliphatic rings. The van der Waals surface area contributed by atoms with Crippen LogP contribution in [0, 0.1) is 0 Å². The Labute approximate surface area is 109 Å². The summed E-state index contributed by atoms with van der Waals surface area (Å²) in [5, 5.41) is 0. The van der Waals surface area contributed by atoms with Crippen molar-refractivity contribution < 1.29 is 9.53 Å². The van der Waals surface area contributed by atoms with Gasteiger partial charge in [0.25, 0.3) is 0 Å². The lowest BCUT2D eigenvalue weighted by atomic mass is 9.83. The SMILES string of the molecule is CCOC(=O)C(C)(C)c1cccc(CCCN)c1. The van der Waals surface area contributed by atoms with E-state index in [0.29, 0.717) is 13.2 Å². The van der Waals surface area contributed by atoms with Crippen LogP contribution in [0.15, 0.2) is 24.3 Å². The molecule has 0 aromatic heterocycles. The number of carbonyl (C=O) groups excluding carboxylic acids is 1. The maximum absolute atomic E-state index is 11.9. The summed E-state index contributed by atoms with van der Waals surface area (Å²) in [6.45, 7) is 6.71. The maximum atomic E-state index is 11.9. The summed E-state index contributed by atoms with van der Waals surface area (Å²) in [6.07, 6.45) is 1.91. The third-order valence-electron chi connectivity index (χ3n) is 3.10. The minimum atomic E-state index is -0.602. The standard InChI is InChI=1S/C15H23NO2/c1-4-18-14(17)15(2,3)13-9-5-7-12(11-13)8-6-10-16/h5,7,9,11H,4,6,8,10,16H2,1-3H3. The van der Waals surface area contributed by atoms with Gasteiger partial charge >= 0.3 is 5.97 Å². The fourth-order valence-corrected chi connectivity index (χ4v) is 1.85. The third kappa shape index (κ3) is 3.57. The van der Waals surface area contributed by atoms with Gasteiger partial charge in [0.05, 0.1) is 12.0 Å². The predicted octanol–water partition coefficient (Wildman–Crippen LogP) is 2.42. The molecular weight excluding hydrogens is 226 g/mol. The Morgan fingerprint density at radius 2 is 2.11 bits per heavy atom. The first-order valence-electron chi connectivity index (χ1n) is 6.49. The van der Waals surface area contributed by atoms with Crippen molar-refractivity contribution in [3.8, 4) is 0 Å². The van der Waals surface area contributed by atoms with Crippen LogP contribution in [0.5, 0.6) is 0 Å². The highest BCUT2D eigenvalue weighted by atomic mass is 16.5. The predicted molar refractivity (Wildman–Crippen MR) is 73.5 cm³/mol. The van der Waals surface area contributed by atoms with Crippen LogP contribution in [-0.2, 0) is 21.4 Å². The fraction of sp³-hybridized carbons (Fsp3) is 0.533. The summed E-state index contributed by atoms with van der Waals surface area (Å²) >= 11 is 0. The first-order valence-corrected chi connectivity index (χ1v) is 6.49. The zero-order valence-electron chi connectivity index (χ0n) is 11.5. The second-order valence-corrected chi connectivity index (χ2v) is 4.94. The van der Waals surface area contributed by atoms with Gasteiger partial charge in [0.15, 0.2) is 0 Å². The second kappa shape index (κ2) is 6.55. The molecule has 0 saturated heterocycles. The first kappa shape index (κ1) is 14.7. The molecule has 0 bridgehead atoms. The number of aryl methyl sites for hydroxylation is 1. The molecule has 3 heteroatoms. The summed E-state index contributed by atoms with van der Waals surface area (Å²) in [5.41, 5.74) is 7.13. The van der Waals surface area contributed by atoms with Gasteiger partial charge in [0.1, 0.15) is 0 Å². The van der Waals surface area contributed by atoms with E-state index in [4.69, 9.17) is 10.5 Å². The van der Waals surface area contributed by atoms with Crippen molar-refractivity contribution >= 4 is 5.97 Å². The molecule has 0 aliphatic carbocycles. The third-order valence-corrected chi connectivity index (χ3v) is 3.10. The van der Waals surface area contributed by atoms with Gasteiger partial charge in [-0.2, -0.15) is 0 Å². The molecule has 2 N–H and O–H groups in total. The quantitative estimate of drug-likeness (QED) is 0.788. The van der Waals surface area contributed by atoms with Crippen molar-refractivity contribution in [1.29, 1.82) is 0 Å². The number of esters is 1. The topological polar surface area (TPSA) is 52.3 Å². The van der Waals surface area contributed by atoms with Crippen molar-refractivity contribution in [2.75, 3.05) is 13.2 Å². The number of carbonyl (C=O) groups is 1. The van der Waals surface area contributed by atoms with Crippen LogP contribution >= 0.6 is 0 Å². The Morgan fingerprint density at radius 1 is 1.39 bits per heavy atom. The van der Waals surface area contributed by atoms with Gasteiger partial charge in [0.2, 0.25) is 0 Å². The van der Waals surface area contributed by atoms with Gasteiger partial charge in [-0.1, -0.05) is 24.3 Å². The van der Waals surface area contributed by atoms with Gasteiger partial charge in [-0.05, 0) is 51.3 Å². The Hall–Kier alpha value is -1.35. The Bertz CT molecular complexity index is 399. The molecule has 0 heterocycles. The molecule has 0 aliphatic heterocycles. The molecule has 0 saturated carbocycles. The molecule has 0 spiro atoms. The summed E-state index contributed by atoms with van der Waals surface area (Å²) in [4.78, 5) is 11.9. The number of benzene rings is 1. The van der Waals surface area contributed by atoms with Crippen molar-refractivity contribution in [2.24, 2.45) is 5.73 Å². The Morgan fingerprint density at radius 3 is 2.72 bits per heavy atom. The normalized spacial score (nSPS) is 11.3. The van der Waals surface area contributed by atoms with Gasteiger partial charge in [-0.15, -0.1) is 0 Å². The average Bonchev–Trinajstić information content (AvgIpc) is 2.37. The van der Waals surface area contributed by atoms with Crippen LogP contribution in [0.25, 0.3) is 0 Å². The van der Waals surface area contributed by atoms with Crippen molar-refractivity contribution in [1.82, 2.24) is 0 Å². The minimum Gasteiger partial charge on any atom is -0.465 e. The molecule has 1 aromatic rings. The number of hydrogen-bond donors (Lipinski definition) is 1. The Kier molecular flexibility index (Phi) is 5.35. The van der Waals surface area contributed by atoms with Gasteiger partial charge in [-0.25, -0.2) is 0 Å². The minimum absolute atomic E-state index is 0.180.